The number of hydrogen-bond donors (Lipinski definition) is 2. The number of benzene rings is 1. The highest BCUT2D eigenvalue weighted by Crippen LogP contribution is 2.25. The molecule has 94 valence electrons. The van der Waals surface area contributed by atoms with E-state index in [9.17, 15) is 5.11 Å². The SMILES string of the molecule is CC1(CNCc2ccc(O)c(Cl)c2)CCCO1. The molecule has 1 aromatic rings. The molecule has 1 unspecified atom stereocenters. The van der Waals surface area contributed by atoms with E-state index in [0.717, 1.165) is 38.1 Å². The largest absolute Gasteiger partial charge is 0.506 e. The summed E-state index contributed by atoms with van der Waals surface area (Å²) in [5.74, 6) is 0.126. The topological polar surface area (TPSA) is 41.5 Å². The van der Waals surface area contributed by atoms with Crippen molar-refractivity contribution in [3.63, 3.8) is 0 Å². The highest BCUT2D eigenvalue weighted by Gasteiger charge is 2.28. The molecule has 0 aliphatic carbocycles. The van der Waals surface area contributed by atoms with Gasteiger partial charge >= 0.3 is 0 Å². The minimum absolute atomic E-state index is 0.0271. The summed E-state index contributed by atoms with van der Waals surface area (Å²) in [6.45, 7) is 4.57. The fourth-order valence-electron chi connectivity index (χ4n) is 2.11. The van der Waals surface area contributed by atoms with E-state index in [1.54, 1.807) is 12.1 Å². The summed E-state index contributed by atoms with van der Waals surface area (Å²) >= 11 is 5.84. The number of phenolic OH excluding ortho intramolecular Hbond substituents is 1. The maximum Gasteiger partial charge on any atom is 0.134 e. The van der Waals surface area contributed by atoms with Crippen LogP contribution >= 0.6 is 11.6 Å². The molecule has 0 saturated carbocycles. The van der Waals surface area contributed by atoms with Crippen LogP contribution in [0.25, 0.3) is 0 Å². The quantitative estimate of drug-likeness (QED) is 0.869. The number of aromatic hydroxyl groups is 1. The monoisotopic (exact) mass is 255 g/mol. The van der Waals surface area contributed by atoms with Crippen LogP contribution in [0.15, 0.2) is 18.2 Å². The van der Waals surface area contributed by atoms with Gasteiger partial charge in [0.05, 0.1) is 10.6 Å². The molecule has 2 rings (SSSR count). The lowest BCUT2D eigenvalue weighted by Gasteiger charge is -2.23. The van der Waals surface area contributed by atoms with Gasteiger partial charge in [0.1, 0.15) is 5.75 Å². The maximum atomic E-state index is 9.31. The zero-order chi connectivity index (χ0) is 12.3. The van der Waals surface area contributed by atoms with Gasteiger partial charge < -0.3 is 15.2 Å². The molecule has 1 fully saturated rings. The molecule has 0 radical (unpaired) electrons. The van der Waals surface area contributed by atoms with Gasteiger partial charge in [0.15, 0.2) is 0 Å². The van der Waals surface area contributed by atoms with Gasteiger partial charge in [-0.1, -0.05) is 17.7 Å². The second-order valence-corrected chi connectivity index (χ2v) is 5.20. The third kappa shape index (κ3) is 3.35. The summed E-state index contributed by atoms with van der Waals surface area (Å²) in [7, 11) is 0. The molecular formula is C13H18ClNO2. The molecule has 0 amide bonds. The van der Waals surface area contributed by atoms with Crippen molar-refractivity contribution in [3.05, 3.63) is 28.8 Å². The Labute approximate surface area is 107 Å². The van der Waals surface area contributed by atoms with E-state index in [1.807, 2.05) is 6.07 Å². The summed E-state index contributed by atoms with van der Waals surface area (Å²) in [4.78, 5) is 0. The van der Waals surface area contributed by atoms with E-state index < -0.39 is 0 Å². The van der Waals surface area contributed by atoms with Crippen LogP contribution in [-0.2, 0) is 11.3 Å². The van der Waals surface area contributed by atoms with Crippen LogP contribution < -0.4 is 5.32 Å². The number of halogens is 1. The van der Waals surface area contributed by atoms with Gasteiger partial charge in [-0.25, -0.2) is 0 Å². The Bertz CT molecular complexity index is 389. The summed E-state index contributed by atoms with van der Waals surface area (Å²) < 4.78 is 5.69. The Morgan fingerprint density at radius 2 is 2.35 bits per heavy atom. The van der Waals surface area contributed by atoms with Gasteiger partial charge in [-0.3, -0.25) is 0 Å². The number of ether oxygens (including phenoxy) is 1. The third-order valence-corrected chi connectivity index (χ3v) is 3.44. The number of rotatable bonds is 4. The molecular weight excluding hydrogens is 238 g/mol. The van der Waals surface area contributed by atoms with E-state index >= 15 is 0 Å². The fraction of sp³-hybridized carbons (Fsp3) is 0.538. The Hall–Kier alpha value is -0.770. The standard InChI is InChI=1S/C13H18ClNO2/c1-13(5-2-6-17-13)9-15-8-10-3-4-12(16)11(14)7-10/h3-4,7,15-16H,2,5-6,8-9H2,1H3. The Balaban J connectivity index is 1.83. The molecule has 1 aromatic carbocycles. The summed E-state index contributed by atoms with van der Waals surface area (Å²) in [6.07, 6.45) is 2.25. The van der Waals surface area contributed by atoms with Crippen molar-refractivity contribution in [2.75, 3.05) is 13.2 Å². The highest BCUT2D eigenvalue weighted by atomic mass is 35.5. The van der Waals surface area contributed by atoms with Crippen LogP contribution in [0.4, 0.5) is 0 Å². The van der Waals surface area contributed by atoms with Gasteiger partial charge in [-0.2, -0.15) is 0 Å². The second-order valence-electron chi connectivity index (χ2n) is 4.79. The molecule has 1 aliphatic heterocycles. The van der Waals surface area contributed by atoms with Crippen LogP contribution in [0.2, 0.25) is 5.02 Å². The number of nitrogens with one attached hydrogen (secondary N) is 1. The molecule has 3 nitrogen and oxygen atoms in total. The van der Waals surface area contributed by atoms with Gasteiger partial charge in [-0.05, 0) is 37.5 Å². The molecule has 0 aromatic heterocycles. The molecule has 2 N–H and O–H groups in total. The highest BCUT2D eigenvalue weighted by molar-refractivity contribution is 6.32. The first-order valence-electron chi connectivity index (χ1n) is 5.91. The maximum absolute atomic E-state index is 9.31. The minimum atomic E-state index is -0.0271. The van der Waals surface area contributed by atoms with Gasteiger partial charge in [0, 0.05) is 19.7 Å². The van der Waals surface area contributed by atoms with Crippen LogP contribution in [0, 0.1) is 0 Å². The molecule has 1 aliphatic rings. The van der Waals surface area contributed by atoms with Crippen LogP contribution in [-0.4, -0.2) is 23.9 Å². The van der Waals surface area contributed by atoms with Crippen molar-refractivity contribution >= 4 is 11.6 Å². The van der Waals surface area contributed by atoms with Crippen LogP contribution in [0.5, 0.6) is 5.75 Å². The van der Waals surface area contributed by atoms with Crippen molar-refractivity contribution in [2.24, 2.45) is 0 Å². The van der Waals surface area contributed by atoms with E-state index in [4.69, 9.17) is 16.3 Å². The third-order valence-electron chi connectivity index (χ3n) is 3.14. The lowest BCUT2D eigenvalue weighted by molar-refractivity contribution is 0.0207. The Morgan fingerprint density at radius 1 is 1.53 bits per heavy atom. The van der Waals surface area contributed by atoms with Gasteiger partial charge in [-0.15, -0.1) is 0 Å². The van der Waals surface area contributed by atoms with E-state index in [-0.39, 0.29) is 11.4 Å². The first-order chi connectivity index (χ1) is 8.09. The van der Waals surface area contributed by atoms with Crippen LogP contribution in [0.3, 0.4) is 0 Å². The number of phenols is 1. The van der Waals surface area contributed by atoms with Crippen LogP contribution in [0.1, 0.15) is 25.3 Å². The normalized spacial score (nSPS) is 24.1. The Morgan fingerprint density at radius 3 is 3.00 bits per heavy atom. The molecule has 4 heteroatoms. The van der Waals surface area contributed by atoms with Crippen molar-refractivity contribution in [1.29, 1.82) is 0 Å². The summed E-state index contributed by atoms with van der Waals surface area (Å²) in [6, 6.07) is 5.26. The molecule has 0 spiro atoms. The molecule has 0 bridgehead atoms. The zero-order valence-electron chi connectivity index (χ0n) is 10.0. The van der Waals surface area contributed by atoms with Gasteiger partial charge in [0.2, 0.25) is 0 Å². The van der Waals surface area contributed by atoms with E-state index in [2.05, 4.69) is 12.2 Å². The lowest BCUT2D eigenvalue weighted by atomic mass is 10.0. The molecule has 17 heavy (non-hydrogen) atoms. The first-order valence-corrected chi connectivity index (χ1v) is 6.29. The van der Waals surface area contributed by atoms with Crippen molar-refractivity contribution in [3.8, 4) is 5.75 Å². The average Bonchev–Trinajstić information content (AvgIpc) is 2.71. The van der Waals surface area contributed by atoms with E-state index in [0.29, 0.717) is 5.02 Å². The minimum Gasteiger partial charge on any atom is -0.506 e. The Kier molecular flexibility index (Phi) is 3.92. The predicted molar refractivity (Wildman–Crippen MR) is 68.4 cm³/mol. The molecule has 1 saturated heterocycles. The summed E-state index contributed by atoms with van der Waals surface area (Å²) in [5.41, 5.74) is 1.04. The fourth-order valence-corrected chi connectivity index (χ4v) is 2.31. The molecule has 1 atom stereocenters. The second kappa shape index (κ2) is 5.25. The average molecular weight is 256 g/mol. The predicted octanol–water partition coefficient (Wildman–Crippen LogP) is 2.70. The lowest BCUT2D eigenvalue weighted by Crippen LogP contribution is -2.36. The zero-order valence-corrected chi connectivity index (χ0v) is 10.8. The first kappa shape index (κ1) is 12.7. The molecule has 1 heterocycles. The van der Waals surface area contributed by atoms with Gasteiger partial charge in [0.25, 0.3) is 0 Å². The van der Waals surface area contributed by atoms with Crippen molar-refractivity contribution in [1.82, 2.24) is 5.32 Å². The van der Waals surface area contributed by atoms with E-state index in [1.165, 1.54) is 0 Å². The smallest absolute Gasteiger partial charge is 0.134 e. The number of hydrogen-bond acceptors (Lipinski definition) is 3. The van der Waals surface area contributed by atoms with Crippen molar-refractivity contribution in [2.45, 2.75) is 31.9 Å². The summed E-state index contributed by atoms with van der Waals surface area (Å²) in [5, 5.41) is 13.1. The van der Waals surface area contributed by atoms with Crippen molar-refractivity contribution < 1.29 is 9.84 Å².